The molecule has 0 aliphatic carbocycles. The highest BCUT2D eigenvalue weighted by Gasteiger charge is 2.28. The number of ether oxygens (including phenoxy) is 2. The van der Waals surface area contributed by atoms with E-state index >= 15 is 0 Å². The minimum atomic E-state index is -0.157. The second-order valence-electron chi connectivity index (χ2n) is 7.09. The van der Waals surface area contributed by atoms with Crippen LogP contribution >= 0.6 is 23.4 Å². The molecule has 0 saturated carbocycles. The summed E-state index contributed by atoms with van der Waals surface area (Å²) in [6.45, 7) is 3.32. The van der Waals surface area contributed by atoms with Crippen molar-refractivity contribution in [3.63, 3.8) is 0 Å². The summed E-state index contributed by atoms with van der Waals surface area (Å²) in [5, 5.41) is 0.705. The molecule has 1 fully saturated rings. The zero-order valence-electron chi connectivity index (χ0n) is 17.2. The van der Waals surface area contributed by atoms with E-state index in [0.29, 0.717) is 48.9 Å². The number of esters is 1. The van der Waals surface area contributed by atoms with Gasteiger partial charge >= 0.3 is 5.97 Å². The maximum Gasteiger partial charge on any atom is 0.309 e. The maximum absolute atomic E-state index is 13.0. The van der Waals surface area contributed by atoms with E-state index in [9.17, 15) is 9.59 Å². The average molecular weight is 448 g/mol. The second-order valence-corrected chi connectivity index (χ2v) is 8.57. The lowest BCUT2D eigenvalue weighted by Crippen LogP contribution is -2.40. The molecule has 1 aliphatic heterocycles. The van der Waals surface area contributed by atoms with Crippen LogP contribution in [0.15, 0.2) is 47.4 Å². The molecule has 0 unspecified atom stereocenters. The molecule has 1 saturated heterocycles. The summed E-state index contributed by atoms with van der Waals surface area (Å²) in [5.74, 6) is 1.15. The number of hydrogen-bond donors (Lipinski definition) is 0. The molecule has 2 aromatic carbocycles. The van der Waals surface area contributed by atoms with Crippen molar-refractivity contribution in [3.8, 4) is 5.75 Å². The third-order valence-electron chi connectivity index (χ3n) is 5.14. The zero-order chi connectivity index (χ0) is 21.5. The number of piperidine rings is 1. The lowest BCUT2D eigenvalue weighted by molar-refractivity contribution is -0.149. The van der Waals surface area contributed by atoms with Gasteiger partial charge in [-0.3, -0.25) is 9.59 Å². The van der Waals surface area contributed by atoms with Crippen LogP contribution in [-0.2, 0) is 15.3 Å². The number of benzene rings is 2. The van der Waals surface area contributed by atoms with Gasteiger partial charge in [0.15, 0.2) is 0 Å². The van der Waals surface area contributed by atoms with Crippen molar-refractivity contribution in [1.82, 2.24) is 4.90 Å². The molecule has 1 heterocycles. The van der Waals surface area contributed by atoms with Crippen LogP contribution in [0.25, 0.3) is 0 Å². The van der Waals surface area contributed by atoms with Crippen LogP contribution in [-0.4, -0.2) is 43.6 Å². The zero-order valence-corrected chi connectivity index (χ0v) is 18.8. The molecule has 0 N–H and O–H groups in total. The molecule has 5 nitrogen and oxygen atoms in total. The van der Waals surface area contributed by atoms with E-state index in [1.54, 1.807) is 24.9 Å². The molecule has 1 aliphatic rings. The van der Waals surface area contributed by atoms with Gasteiger partial charge in [0.05, 0.1) is 19.6 Å². The normalized spacial score (nSPS) is 14.4. The standard InChI is InChI=1S/C23H26ClNO4S/c1-3-29-23(27)16-10-12-25(13-11-16)22(26)17-4-9-21(28-2)18(14-17)15-30-20-7-5-19(24)6-8-20/h4-9,14,16H,3,10-13,15H2,1-2H3. The molecular weight excluding hydrogens is 422 g/mol. The molecule has 0 bridgehead atoms. The Labute approximate surface area is 186 Å². The molecule has 7 heteroatoms. The highest BCUT2D eigenvalue weighted by Crippen LogP contribution is 2.30. The Hall–Kier alpha value is -2.18. The van der Waals surface area contributed by atoms with E-state index in [-0.39, 0.29) is 17.8 Å². The predicted octanol–water partition coefficient (Wildman–Crippen LogP) is 5.06. The summed E-state index contributed by atoms with van der Waals surface area (Å²) in [7, 11) is 1.63. The van der Waals surface area contributed by atoms with Crippen molar-refractivity contribution in [1.29, 1.82) is 0 Å². The van der Waals surface area contributed by atoms with Crippen molar-refractivity contribution in [3.05, 3.63) is 58.6 Å². The summed E-state index contributed by atoms with van der Waals surface area (Å²) < 4.78 is 10.6. The largest absolute Gasteiger partial charge is 0.496 e. The van der Waals surface area contributed by atoms with Crippen molar-refractivity contribution in [2.45, 2.75) is 30.4 Å². The number of halogens is 1. The first-order valence-corrected chi connectivity index (χ1v) is 11.4. The molecule has 0 aromatic heterocycles. The van der Waals surface area contributed by atoms with Crippen LogP contribution in [0, 0.1) is 5.92 Å². The van der Waals surface area contributed by atoms with Crippen LogP contribution in [0.3, 0.4) is 0 Å². The Balaban J connectivity index is 1.65. The number of methoxy groups -OCH3 is 1. The van der Waals surface area contributed by atoms with Gasteiger partial charge in [-0.15, -0.1) is 11.8 Å². The minimum absolute atomic E-state index is 0.0160. The number of hydrogen-bond acceptors (Lipinski definition) is 5. The molecule has 0 spiro atoms. The number of amides is 1. The lowest BCUT2D eigenvalue weighted by Gasteiger charge is -2.31. The Morgan fingerprint density at radius 1 is 1.13 bits per heavy atom. The first-order chi connectivity index (χ1) is 14.5. The maximum atomic E-state index is 13.0. The van der Waals surface area contributed by atoms with E-state index in [1.165, 1.54) is 0 Å². The van der Waals surface area contributed by atoms with Gasteiger partial charge in [0.2, 0.25) is 0 Å². The predicted molar refractivity (Wildman–Crippen MR) is 119 cm³/mol. The van der Waals surface area contributed by atoms with Crippen LogP contribution < -0.4 is 4.74 Å². The highest BCUT2D eigenvalue weighted by atomic mass is 35.5. The van der Waals surface area contributed by atoms with Crippen LogP contribution in [0.2, 0.25) is 5.02 Å². The van der Waals surface area contributed by atoms with Crippen molar-refractivity contribution < 1.29 is 19.1 Å². The number of carbonyl (C=O) groups excluding carboxylic acids is 2. The minimum Gasteiger partial charge on any atom is -0.496 e. The van der Waals surface area contributed by atoms with Gasteiger partial charge < -0.3 is 14.4 Å². The van der Waals surface area contributed by atoms with Gasteiger partial charge in [-0.1, -0.05) is 11.6 Å². The molecule has 1 amide bonds. The third kappa shape index (κ3) is 5.70. The summed E-state index contributed by atoms with van der Waals surface area (Å²) in [5.41, 5.74) is 1.60. The van der Waals surface area contributed by atoms with Gasteiger partial charge in [0, 0.05) is 39.9 Å². The van der Waals surface area contributed by atoms with E-state index in [4.69, 9.17) is 21.1 Å². The topological polar surface area (TPSA) is 55.8 Å². The summed E-state index contributed by atoms with van der Waals surface area (Å²) >= 11 is 7.61. The van der Waals surface area contributed by atoms with E-state index in [0.717, 1.165) is 16.2 Å². The molecule has 0 radical (unpaired) electrons. The van der Waals surface area contributed by atoms with E-state index in [1.807, 2.05) is 48.2 Å². The van der Waals surface area contributed by atoms with Crippen molar-refractivity contribution in [2.24, 2.45) is 5.92 Å². The molecule has 30 heavy (non-hydrogen) atoms. The average Bonchev–Trinajstić information content (AvgIpc) is 2.78. The van der Waals surface area contributed by atoms with Gasteiger partial charge in [0.25, 0.3) is 5.91 Å². The third-order valence-corrected chi connectivity index (χ3v) is 6.45. The fourth-order valence-electron chi connectivity index (χ4n) is 3.48. The fourth-order valence-corrected chi connectivity index (χ4v) is 4.48. The molecule has 2 aromatic rings. The SMILES string of the molecule is CCOC(=O)C1CCN(C(=O)c2ccc(OC)c(CSc3ccc(Cl)cc3)c2)CC1. The Morgan fingerprint density at radius 2 is 1.83 bits per heavy atom. The Kier molecular flexibility index (Phi) is 8.05. The monoisotopic (exact) mass is 447 g/mol. The molecule has 160 valence electrons. The fraction of sp³-hybridized carbons (Fsp3) is 0.391. The van der Waals surface area contributed by atoms with Gasteiger partial charge in [-0.25, -0.2) is 0 Å². The molecule has 3 rings (SSSR count). The summed E-state index contributed by atoms with van der Waals surface area (Å²) in [6, 6.07) is 13.2. The van der Waals surface area contributed by atoms with Crippen molar-refractivity contribution in [2.75, 3.05) is 26.8 Å². The first kappa shape index (κ1) is 22.5. The number of likely N-dealkylation sites (tertiary alicyclic amines) is 1. The quantitative estimate of drug-likeness (QED) is 0.438. The first-order valence-electron chi connectivity index (χ1n) is 10.0. The summed E-state index contributed by atoms with van der Waals surface area (Å²) in [6.07, 6.45) is 1.28. The van der Waals surface area contributed by atoms with Gasteiger partial charge in [-0.2, -0.15) is 0 Å². The number of rotatable bonds is 7. The van der Waals surface area contributed by atoms with Crippen LogP contribution in [0.4, 0.5) is 0 Å². The Bertz CT molecular complexity index is 879. The Morgan fingerprint density at radius 3 is 2.47 bits per heavy atom. The number of nitrogens with zero attached hydrogens (tertiary/aromatic N) is 1. The second kappa shape index (κ2) is 10.7. The van der Waals surface area contributed by atoms with Crippen molar-refractivity contribution >= 4 is 35.2 Å². The van der Waals surface area contributed by atoms with E-state index in [2.05, 4.69) is 0 Å². The van der Waals surface area contributed by atoms with Gasteiger partial charge in [-0.05, 0) is 62.2 Å². The van der Waals surface area contributed by atoms with E-state index < -0.39 is 0 Å². The number of thioether (sulfide) groups is 1. The summed E-state index contributed by atoms with van der Waals surface area (Å²) in [4.78, 5) is 27.8. The highest BCUT2D eigenvalue weighted by molar-refractivity contribution is 7.98. The smallest absolute Gasteiger partial charge is 0.309 e. The number of carbonyl (C=O) groups is 2. The van der Waals surface area contributed by atoms with Crippen LogP contribution in [0.1, 0.15) is 35.7 Å². The van der Waals surface area contributed by atoms with Crippen LogP contribution in [0.5, 0.6) is 5.75 Å². The van der Waals surface area contributed by atoms with Gasteiger partial charge in [0.1, 0.15) is 5.75 Å². The molecular formula is C23H26ClNO4S. The lowest BCUT2D eigenvalue weighted by atomic mass is 9.96. The molecule has 0 atom stereocenters.